The van der Waals surface area contributed by atoms with Crippen LogP contribution in [0.1, 0.15) is 44.9 Å². The zero-order valence-corrected chi connectivity index (χ0v) is 8.95. The van der Waals surface area contributed by atoms with Gasteiger partial charge in [0.15, 0.2) is 0 Å². The van der Waals surface area contributed by atoms with Crippen LogP contribution in [0.3, 0.4) is 0 Å². The van der Waals surface area contributed by atoms with Crippen molar-refractivity contribution in [3.63, 3.8) is 0 Å². The maximum absolute atomic E-state index is 13.2. The van der Waals surface area contributed by atoms with Gasteiger partial charge in [0.25, 0.3) is 0 Å². The van der Waals surface area contributed by atoms with E-state index in [4.69, 9.17) is 0 Å². The lowest BCUT2D eigenvalue weighted by Gasteiger charge is -2.09. The molecule has 1 rings (SSSR count). The van der Waals surface area contributed by atoms with Crippen LogP contribution in [0.4, 0.5) is 4.39 Å². The molecule has 0 N–H and O–H groups in total. The molecule has 1 aliphatic rings. The first-order valence-electron chi connectivity index (χ1n) is 4.80. The van der Waals surface area contributed by atoms with E-state index in [9.17, 15) is 4.39 Å². The molecule has 0 saturated heterocycles. The van der Waals surface area contributed by atoms with Gasteiger partial charge in [0.1, 0.15) is 6.17 Å². The SMILES string of the molecule is F[C@H]1CCCCCCC/C=C/1Br. The van der Waals surface area contributed by atoms with Crippen LogP contribution < -0.4 is 0 Å². The van der Waals surface area contributed by atoms with Crippen molar-refractivity contribution in [1.29, 1.82) is 0 Å². The van der Waals surface area contributed by atoms with Gasteiger partial charge in [-0.1, -0.05) is 47.7 Å². The lowest BCUT2D eigenvalue weighted by atomic mass is 10.0. The minimum atomic E-state index is -0.747. The van der Waals surface area contributed by atoms with Gasteiger partial charge in [0.05, 0.1) is 0 Å². The summed E-state index contributed by atoms with van der Waals surface area (Å²) in [5.74, 6) is 0. The largest absolute Gasteiger partial charge is 0.242 e. The van der Waals surface area contributed by atoms with Crippen LogP contribution in [0, 0.1) is 0 Å². The number of hydrogen-bond acceptors (Lipinski definition) is 0. The van der Waals surface area contributed by atoms with E-state index >= 15 is 0 Å². The van der Waals surface area contributed by atoms with Gasteiger partial charge in [0.2, 0.25) is 0 Å². The fourth-order valence-corrected chi connectivity index (χ4v) is 1.96. The van der Waals surface area contributed by atoms with Crippen LogP contribution in [0.15, 0.2) is 10.6 Å². The Balaban J connectivity index is 2.42. The predicted molar refractivity (Wildman–Crippen MR) is 54.2 cm³/mol. The monoisotopic (exact) mass is 234 g/mol. The highest BCUT2D eigenvalue weighted by atomic mass is 79.9. The highest BCUT2D eigenvalue weighted by molar-refractivity contribution is 9.11. The van der Waals surface area contributed by atoms with Gasteiger partial charge in [-0.05, 0) is 19.3 Å². The first-order valence-corrected chi connectivity index (χ1v) is 5.59. The molecule has 0 bridgehead atoms. The fraction of sp³-hybridized carbons (Fsp3) is 0.800. The Bertz CT molecular complexity index is 154. The Hall–Kier alpha value is 0.150. The van der Waals surface area contributed by atoms with E-state index in [2.05, 4.69) is 15.9 Å². The van der Waals surface area contributed by atoms with E-state index in [1.165, 1.54) is 25.7 Å². The van der Waals surface area contributed by atoms with Crippen LogP contribution in [0.25, 0.3) is 0 Å². The van der Waals surface area contributed by atoms with Gasteiger partial charge >= 0.3 is 0 Å². The molecule has 2 heteroatoms. The third-order valence-electron chi connectivity index (χ3n) is 2.30. The number of allylic oxidation sites excluding steroid dienone is 2. The second-order valence-corrected chi connectivity index (χ2v) is 4.32. The molecule has 0 unspecified atom stereocenters. The first kappa shape index (κ1) is 10.2. The van der Waals surface area contributed by atoms with Crippen molar-refractivity contribution in [2.75, 3.05) is 0 Å². The third kappa shape index (κ3) is 3.70. The molecule has 0 aromatic carbocycles. The van der Waals surface area contributed by atoms with Crippen LogP contribution in [0.2, 0.25) is 0 Å². The summed E-state index contributed by atoms with van der Waals surface area (Å²) in [5, 5.41) is 0. The molecule has 0 amide bonds. The molecule has 1 aliphatic carbocycles. The molecule has 0 heterocycles. The zero-order valence-electron chi connectivity index (χ0n) is 7.36. The van der Waals surface area contributed by atoms with Gasteiger partial charge in [-0.25, -0.2) is 4.39 Å². The second kappa shape index (κ2) is 5.74. The highest BCUT2D eigenvalue weighted by Crippen LogP contribution is 2.23. The average Bonchev–Trinajstić information content (AvgIpc) is 2.08. The summed E-state index contributed by atoms with van der Waals surface area (Å²) in [5.41, 5.74) is 0. The molecule has 0 saturated carbocycles. The van der Waals surface area contributed by atoms with Gasteiger partial charge in [-0.15, -0.1) is 0 Å². The van der Waals surface area contributed by atoms with E-state index in [0.717, 1.165) is 17.3 Å². The lowest BCUT2D eigenvalue weighted by Crippen LogP contribution is -2.00. The molecule has 0 aliphatic heterocycles. The molecule has 0 radical (unpaired) electrons. The second-order valence-electron chi connectivity index (χ2n) is 3.40. The van der Waals surface area contributed by atoms with E-state index in [0.29, 0.717) is 6.42 Å². The molecule has 0 aromatic heterocycles. The minimum Gasteiger partial charge on any atom is -0.242 e. The van der Waals surface area contributed by atoms with Crippen LogP contribution in [-0.2, 0) is 0 Å². The van der Waals surface area contributed by atoms with Crippen molar-refractivity contribution in [1.82, 2.24) is 0 Å². The molecule has 70 valence electrons. The van der Waals surface area contributed by atoms with Crippen molar-refractivity contribution in [2.24, 2.45) is 0 Å². The number of rotatable bonds is 0. The standard InChI is InChI=1S/C10H16BrF/c11-9-7-5-3-1-2-4-6-8-10(9)12/h7,10H,1-6,8H2/b9-7-/t10-/m0/s1. The fourth-order valence-electron chi connectivity index (χ4n) is 1.50. The summed E-state index contributed by atoms with van der Waals surface area (Å²) in [4.78, 5) is 0. The van der Waals surface area contributed by atoms with Gasteiger partial charge < -0.3 is 0 Å². The maximum Gasteiger partial charge on any atom is 0.131 e. The average molecular weight is 235 g/mol. The van der Waals surface area contributed by atoms with Crippen LogP contribution in [0.5, 0.6) is 0 Å². The van der Waals surface area contributed by atoms with Crippen LogP contribution >= 0.6 is 15.9 Å². The van der Waals surface area contributed by atoms with E-state index in [1.54, 1.807) is 0 Å². The van der Waals surface area contributed by atoms with E-state index in [-0.39, 0.29) is 0 Å². The quantitative estimate of drug-likeness (QED) is 0.585. The first-order chi connectivity index (χ1) is 5.80. The predicted octanol–water partition coefficient (Wildman–Crippen LogP) is 4.35. The Morgan fingerprint density at radius 2 is 1.83 bits per heavy atom. The molecular weight excluding hydrogens is 219 g/mol. The summed E-state index contributed by atoms with van der Waals surface area (Å²) in [6, 6.07) is 0. The summed E-state index contributed by atoms with van der Waals surface area (Å²) >= 11 is 3.28. The Morgan fingerprint density at radius 1 is 1.17 bits per heavy atom. The normalized spacial score (nSPS) is 32.2. The molecule has 0 fully saturated rings. The van der Waals surface area contributed by atoms with E-state index < -0.39 is 6.17 Å². The summed E-state index contributed by atoms with van der Waals surface area (Å²) in [6.07, 6.45) is 8.98. The van der Waals surface area contributed by atoms with Crippen molar-refractivity contribution in [3.8, 4) is 0 Å². The summed E-state index contributed by atoms with van der Waals surface area (Å²) < 4.78 is 14.0. The lowest BCUT2D eigenvalue weighted by molar-refractivity contribution is 0.358. The number of halogens is 2. The van der Waals surface area contributed by atoms with Crippen molar-refractivity contribution in [3.05, 3.63) is 10.6 Å². The topological polar surface area (TPSA) is 0 Å². The Labute approximate surface area is 82.4 Å². The van der Waals surface area contributed by atoms with Crippen molar-refractivity contribution < 1.29 is 4.39 Å². The van der Waals surface area contributed by atoms with Crippen LogP contribution in [-0.4, -0.2) is 6.17 Å². The van der Waals surface area contributed by atoms with Gasteiger partial charge in [0, 0.05) is 4.48 Å². The maximum atomic E-state index is 13.2. The highest BCUT2D eigenvalue weighted by Gasteiger charge is 2.10. The molecule has 0 spiro atoms. The minimum absolute atomic E-state index is 0.692. The number of alkyl halides is 1. The zero-order chi connectivity index (χ0) is 8.81. The number of hydrogen-bond donors (Lipinski definition) is 0. The smallest absolute Gasteiger partial charge is 0.131 e. The Kier molecular flexibility index (Phi) is 4.89. The van der Waals surface area contributed by atoms with Crippen molar-refractivity contribution in [2.45, 2.75) is 51.1 Å². The molecule has 1 atom stereocenters. The Morgan fingerprint density at radius 3 is 2.67 bits per heavy atom. The van der Waals surface area contributed by atoms with Crippen molar-refractivity contribution >= 4 is 15.9 Å². The molecule has 0 nitrogen and oxygen atoms in total. The van der Waals surface area contributed by atoms with Gasteiger partial charge in [-0.3, -0.25) is 0 Å². The van der Waals surface area contributed by atoms with E-state index in [1.807, 2.05) is 6.08 Å². The molecule has 0 aromatic rings. The third-order valence-corrected chi connectivity index (χ3v) is 3.12. The summed E-state index contributed by atoms with van der Waals surface area (Å²) in [7, 11) is 0. The molecule has 12 heavy (non-hydrogen) atoms. The molecular formula is C10H16BrF. The summed E-state index contributed by atoms with van der Waals surface area (Å²) in [6.45, 7) is 0. The van der Waals surface area contributed by atoms with Gasteiger partial charge in [-0.2, -0.15) is 0 Å².